The van der Waals surface area contributed by atoms with Gasteiger partial charge < -0.3 is 14.8 Å². The topological polar surface area (TPSA) is 47.6 Å². The molecule has 0 saturated heterocycles. The van der Waals surface area contributed by atoms with Crippen molar-refractivity contribution in [3.05, 3.63) is 59.2 Å². The van der Waals surface area contributed by atoms with Crippen LogP contribution < -0.4 is 14.8 Å². The van der Waals surface area contributed by atoms with E-state index in [-0.39, 0.29) is 5.91 Å². The second-order valence-corrected chi connectivity index (χ2v) is 6.24. The van der Waals surface area contributed by atoms with Crippen LogP contribution in [-0.4, -0.2) is 19.6 Å². The first-order chi connectivity index (χ1) is 13.1. The number of rotatable bonds is 9. The first-order valence-electron chi connectivity index (χ1n) is 9.53. The van der Waals surface area contributed by atoms with Gasteiger partial charge in [-0.25, -0.2) is 0 Å². The van der Waals surface area contributed by atoms with E-state index in [4.69, 9.17) is 9.47 Å². The van der Waals surface area contributed by atoms with Gasteiger partial charge in [-0.1, -0.05) is 45.0 Å². The maximum Gasteiger partial charge on any atom is 0.248 e. The molecule has 2 aromatic rings. The molecular formula is C23H29NO3. The summed E-state index contributed by atoms with van der Waals surface area (Å²) in [6, 6.07) is 11.8. The van der Waals surface area contributed by atoms with Gasteiger partial charge in [0, 0.05) is 11.8 Å². The Balaban J connectivity index is 2.13. The number of aryl methyl sites for hydroxylation is 2. The summed E-state index contributed by atoms with van der Waals surface area (Å²) < 4.78 is 11.0. The lowest BCUT2D eigenvalue weighted by Crippen LogP contribution is -2.11. The number of amides is 1. The molecule has 0 aromatic heterocycles. The van der Waals surface area contributed by atoms with Crippen molar-refractivity contribution in [3.63, 3.8) is 0 Å². The van der Waals surface area contributed by atoms with E-state index in [1.807, 2.05) is 24.3 Å². The van der Waals surface area contributed by atoms with Gasteiger partial charge in [0.25, 0.3) is 0 Å². The van der Waals surface area contributed by atoms with Crippen LogP contribution in [0.5, 0.6) is 11.5 Å². The fourth-order valence-electron chi connectivity index (χ4n) is 2.86. The average Bonchev–Trinajstić information content (AvgIpc) is 2.71. The average molecular weight is 367 g/mol. The van der Waals surface area contributed by atoms with Crippen molar-refractivity contribution in [1.82, 2.24) is 0 Å². The minimum absolute atomic E-state index is 0.143. The maximum absolute atomic E-state index is 12.4. The Labute approximate surface area is 162 Å². The number of hydrogen-bond donors (Lipinski definition) is 1. The van der Waals surface area contributed by atoms with Crippen molar-refractivity contribution in [2.45, 2.75) is 40.0 Å². The monoisotopic (exact) mass is 367 g/mol. The number of ether oxygens (including phenoxy) is 2. The summed E-state index contributed by atoms with van der Waals surface area (Å²) >= 11 is 0. The van der Waals surface area contributed by atoms with Gasteiger partial charge >= 0.3 is 0 Å². The van der Waals surface area contributed by atoms with E-state index in [9.17, 15) is 4.79 Å². The number of anilines is 1. The molecule has 0 atom stereocenters. The third-order valence-electron chi connectivity index (χ3n) is 4.32. The fraction of sp³-hybridized carbons (Fsp3) is 0.348. The molecule has 2 aromatic carbocycles. The minimum atomic E-state index is -0.143. The number of nitrogens with one attached hydrogen (secondary N) is 1. The molecule has 0 heterocycles. The van der Waals surface area contributed by atoms with Crippen molar-refractivity contribution in [1.29, 1.82) is 0 Å². The molecule has 0 aliphatic rings. The molecule has 0 radical (unpaired) electrons. The SMILES string of the molecule is CCCOc1ccc(/C=C/C(=O)Nc2c(CC)cccc2CC)cc1OC. The number of methoxy groups -OCH3 is 1. The van der Waals surface area contributed by atoms with Gasteiger partial charge in [-0.15, -0.1) is 0 Å². The van der Waals surface area contributed by atoms with E-state index in [1.54, 1.807) is 19.3 Å². The van der Waals surface area contributed by atoms with Gasteiger partial charge in [0.15, 0.2) is 11.5 Å². The Morgan fingerprint density at radius 3 is 2.33 bits per heavy atom. The zero-order valence-electron chi connectivity index (χ0n) is 16.7. The highest BCUT2D eigenvalue weighted by atomic mass is 16.5. The Kier molecular flexibility index (Phi) is 7.93. The molecular weight excluding hydrogens is 338 g/mol. The molecule has 2 rings (SSSR count). The van der Waals surface area contributed by atoms with E-state index in [2.05, 4.69) is 38.2 Å². The van der Waals surface area contributed by atoms with Crippen LogP contribution in [0.3, 0.4) is 0 Å². The molecule has 4 heteroatoms. The van der Waals surface area contributed by atoms with E-state index in [0.717, 1.165) is 41.6 Å². The van der Waals surface area contributed by atoms with Crippen LogP contribution in [0.25, 0.3) is 6.08 Å². The second kappa shape index (κ2) is 10.4. The molecule has 0 saturated carbocycles. The van der Waals surface area contributed by atoms with E-state index in [0.29, 0.717) is 18.1 Å². The Morgan fingerprint density at radius 1 is 1.04 bits per heavy atom. The highest BCUT2D eigenvalue weighted by Crippen LogP contribution is 2.29. The first kappa shape index (κ1) is 20.6. The van der Waals surface area contributed by atoms with Crippen LogP contribution in [0.4, 0.5) is 5.69 Å². The lowest BCUT2D eigenvalue weighted by Gasteiger charge is -2.13. The van der Waals surface area contributed by atoms with Gasteiger partial charge in [-0.05, 0) is 54.2 Å². The Morgan fingerprint density at radius 2 is 1.74 bits per heavy atom. The smallest absolute Gasteiger partial charge is 0.248 e. The molecule has 0 bridgehead atoms. The number of carbonyl (C=O) groups is 1. The number of hydrogen-bond acceptors (Lipinski definition) is 3. The summed E-state index contributed by atoms with van der Waals surface area (Å²) in [5.74, 6) is 1.23. The molecule has 0 spiro atoms. The lowest BCUT2D eigenvalue weighted by molar-refractivity contribution is -0.111. The summed E-state index contributed by atoms with van der Waals surface area (Å²) in [6.07, 6.45) is 6.02. The maximum atomic E-state index is 12.4. The molecule has 0 unspecified atom stereocenters. The summed E-state index contributed by atoms with van der Waals surface area (Å²) in [6.45, 7) is 6.89. The zero-order chi connectivity index (χ0) is 19.6. The predicted molar refractivity (Wildman–Crippen MR) is 112 cm³/mol. The highest BCUT2D eigenvalue weighted by Gasteiger charge is 2.09. The molecule has 4 nitrogen and oxygen atoms in total. The quantitative estimate of drug-likeness (QED) is 0.615. The van der Waals surface area contributed by atoms with E-state index < -0.39 is 0 Å². The van der Waals surface area contributed by atoms with Gasteiger partial charge in [0.2, 0.25) is 5.91 Å². The first-order valence-corrected chi connectivity index (χ1v) is 9.53. The molecule has 1 amide bonds. The van der Waals surface area contributed by atoms with Gasteiger partial charge in [0.1, 0.15) is 0 Å². The summed E-state index contributed by atoms with van der Waals surface area (Å²) in [5.41, 5.74) is 4.11. The largest absolute Gasteiger partial charge is 0.493 e. The number of para-hydroxylation sites is 1. The van der Waals surface area contributed by atoms with Gasteiger partial charge in [-0.3, -0.25) is 4.79 Å². The molecule has 0 fully saturated rings. The van der Waals surface area contributed by atoms with Crippen molar-refractivity contribution < 1.29 is 14.3 Å². The molecule has 0 aliphatic carbocycles. The second-order valence-electron chi connectivity index (χ2n) is 6.24. The predicted octanol–water partition coefficient (Wildman–Crippen LogP) is 5.26. The van der Waals surface area contributed by atoms with Crippen molar-refractivity contribution in [2.75, 3.05) is 19.0 Å². The van der Waals surface area contributed by atoms with Crippen LogP contribution in [0.2, 0.25) is 0 Å². The lowest BCUT2D eigenvalue weighted by atomic mass is 10.0. The Bertz CT molecular complexity index is 774. The minimum Gasteiger partial charge on any atom is -0.493 e. The fourth-order valence-corrected chi connectivity index (χ4v) is 2.86. The highest BCUT2D eigenvalue weighted by molar-refractivity contribution is 6.02. The number of benzene rings is 2. The van der Waals surface area contributed by atoms with E-state index in [1.165, 1.54) is 0 Å². The third kappa shape index (κ3) is 5.61. The van der Waals surface area contributed by atoms with Crippen molar-refractivity contribution >= 4 is 17.7 Å². The third-order valence-corrected chi connectivity index (χ3v) is 4.32. The standard InChI is InChI=1S/C23H29NO3/c1-5-15-27-20-13-11-17(16-21(20)26-4)12-14-22(25)24-23-18(6-2)9-8-10-19(23)7-3/h8-14,16H,5-7,15H2,1-4H3,(H,24,25)/b14-12+. The van der Waals surface area contributed by atoms with Crippen LogP contribution >= 0.6 is 0 Å². The molecule has 144 valence electrons. The molecule has 1 N–H and O–H groups in total. The molecule has 0 aliphatic heterocycles. The Hall–Kier alpha value is -2.75. The van der Waals surface area contributed by atoms with Crippen LogP contribution in [0.15, 0.2) is 42.5 Å². The van der Waals surface area contributed by atoms with Gasteiger partial charge in [-0.2, -0.15) is 0 Å². The van der Waals surface area contributed by atoms with Crippen LogP contribution in [0, 0.1) is 0 Å². The van der Waals surface area contributed by atoms with Crippen LogP contribution in [0.1, 0.15) is 43.9 Å². The van der Waals surface area contributed by atoms with E-state index >= 15 is 0 Å². The van der Waals surface area contributed by atoms with Crippen LogP contribution in [-0.2, 0) is 17.6 Å². The number of carbonyl (C=O) groups excluding carboxylic acids is 1. The van der Waals surface area contributed by atoms with Crippen molar-refractivity contribution in [2.24, 2.45) is 0 Å². The van der Waals surface area contributed by atoms with Crippen molar-refractivity contribution in [3.8, 4) is 11.5 Å². The zero-order valence-corrected chi connectivity index (χ0v) is 16.7. The summed E-state index contributed by atoms with van der Waals surface area (Å²) in [4.78, 5) is 12.4. The van der Waals surface area contributed by atoms with Gasteiger partial charge in [0.05, 0.1) is 13.7 Å². The summed E-state index contributed by atoms with van der Waals surface area (Å²) in [5, 5.41) is 3.04. The molecule has 27 heavy (non-hydrogen) atoms. The summed E-state index contributed by atoms with van der Waals surface area (Å²) in [7, 11) is 1.61. The normalized spacial score (nSPS) is 10.8.